The van der Waals surface area contributed by atoms with Gasteiger partial charge in [0.2, 0.25) is 0 Å². The molecule has 0 aliphatic carbocycles. The maximum absolute atomic E-state index is 4.24. The number of aryl methyl sites for hydroxylation is 1. The van der Waals surface area contributed by atoms with Gasteiger partial charge in [0.1, 0.15) is 0 Å². The molecule has 2 rings (SSSR count). The normalized spacial score (nSPS) is 23.2. The molecule has 0 spiro atoms. The first-order valence-corrected chi connectivity index (χ1v) is 7.14. The summed E-state index contributed by atoms with van der Waals surface area (Å²) in [4.78, 5) is 2.65. The third-order valence-corrected chi connectivity index (χ3v) is 4.28. The summed E-state index contributed by atoms with van der Waals surface area (Å²) in [5.74, 6) is 0.768. The van der Waals surface area contributed by atoms with Crippen LogP contribution in [0.4, 0.5) is 0 Å². The summed E-state index contributed by atoms with van der Waals surface area (Å²) >= 11 is 0. The van der Waals surface area contributed by atoms with E-state index < -0.39 is 0 Å². The van der Waals surface area contributed by atoms with Gasteiger partial charge in [-0.05, 0) is 12.0 Å². The fourth-order valence-electron chi connectivity index (χ4n) is 2.78. The zero-order valence-electron chi connectivity index (χ0n) is 11.9. The van der Waals surface area contributed by atoms with Gasteiger partial charge >= 0.3 is 0 Å². The molecule has 1 aliphatic heterocycles. The number of nitrogens with one attached hydrogen (secondary N) is 1. The van der Waals surface area contributed by atoms with E-state index in [1.54, 1.807) is 0 Å². The number of piperazine rings is 1. The molecular formula is C14H26N4. The highest BCUT2D eigenvalue weighted by Gasteiger charge is 2.25. The van der Waals surface area contributed by atoms with E-state index in [1.807, 2.05) is 17.9 Å². The molecular weight excluding hydrogens is 224 g/mol. The van der Waals surface area contributed by atoms with Crippen LogP contribution < -0.4 is 5.32 Å². The van der Waals surface area contributed by atoms with Crippen LogP contribution in [0.2, 0.25) is 0 Å². The summed E-state index contributed by atoms with van der Waals surface area (Å²) in [7, 11) is 2.03. The Morgan fingerprint density at radius 1 is 1.56 bits per heavy atom. The molecule has 2 unspecified atom stereocenters. The molecule has 102 valence electrons. The van der Waals surface area contributed by atoms with Gasteiger partial charge in [0.05, 0.1) is 0 Å². The van der Waals surface area contributed by atoms with Crippen molar-refractivity contribution in [3.63, 3.8) is 0 Å². The summed E-state index contributed by atoms with van der Waals surface area (Å²) in [5, 5.41) is 7.76. The van der Waals surface area contributed by atoms with Gasteiger partial charge in [-0.3, -0.25) is 9.58 Å². The van der Waals surface area contributed by atoms with Crippen molar-refractivity contribution in [1.29, 1.82) is 0 Å². The Kier molecular flexibility index (Phi) is 4.78. The first kappa shape index (κ1) is 13.6. The van der Waals surface area contributed by atoms with Crippen molar-refractivity contribution >= 4 is 0 Å². The van der Waals surface area contributed by atoms with Crippen molar-refractivity contribution in [1.82, 2.24) is 20.0 Å². The average molecular weight is 250 g/mol. The second kappa shape index (κ2) is 6.34. The molecule has 2 heterocycles. The smallest absolute Gasteiger partial charge is 0.0492 e. The molecule has 0 bridgehead atoms. The quantitative estimate of drug-likeness (QED) is 0.854. The predicted octanol–water partition coefficient (Wildman–Crippen LogP) is 1.28. The predicted molar refractivity (Wildman–Crippen MR) is 74.6 cm³/mol. The molecule has 1 saturated heterocycles. The Morgan fingerprint density at radius 2 is 2.39 bits per heavy atom. The Bertz CT molecular complexity index is 360. The topological polar surface area (TPSA) is 33.1 Å². The van der Waals surface area contributed by atoms with E-state index in [2.05, 4.69) is 35.2 Å². The third-order valence-electron chi connectivity index (χ3n) is 4.28. The van der Waals surface area contributed by atoms with Gasteiger partial charge in [0.25, 0.3) is 0 Å². The van der Waals surface area contributed by atoms with E-state index in [0.29, 0.717) is 6.04 Å². The zero-order chi connectivity index (χ0) is 13.0. The lowest BCUT2D eigenvalue weighted by Crippen LogP contribution is -2.54. The molecule has 1 aromatic rings. The van der Waals surface area contributed by atoms with Crippen LogP contribution in [0.5, 0.6) is 0 Å². The monoisotopic (exact) mass is 250 g/mol. The van der Waals surface area contributed by atoms with Gasteiger partial charge in [0, 0.05) is 57.6 Å². The minimum Gasteiger partial charge on any atom is -0.314 e. The van der Waals surface area contributed by atoms with E-state index in [9.17, 15) is 0 Å². The molecule has 1 N–H and O–H groups in total. The maximum Gasteiger partial charge on any atom is 0.0492 e. The van der Waals surface area contributed by atoms with Crippen molar-refractivity contribution in [3.8, 4) is 0 Å². The number of hydrogen-bond acceptors (Lipinski definition) is 3. The summed E-state index contributed by atoms with van der Waals surface area (Å²) in [6.45, 7) is 9.25. The van der Waals surface area contributed by atoms with E-state index >= 15 is 0 Å². The molecule has 2 atom stereocenters. The van der Waals surface area contributed by atoms with Gasteiger partial charge < -0.3 is 5.32 Å². The Labute approximate surface area is 110 Å². The molecule has 18 heavy (non-hydrogen) atoms. The Hall–Kier alpha value is -0.870. The summed E-state index contributed by atoms with van der Waals surface area (Å²) in [6.07, 6.45) is 4.25. The highest BCUT2D eigenvalue weighted by Crippen LogP contribution is 2.16. The highest BCUT2D eigenvalue weighted by molar-refractivity contribution is 5.01. The van der Waals surface area contributed by atoms with Gasteiger partial charge in [-0.25, -0.2) is 0 Å². The van der Waals surface area contributed by atoms with Crippen LogP contribution in [0.1, 0.15) is 26.0 Å². The Morgan fingerprint density at radius 3 is 3.06 bits per heavy atom. The molecule has 4 nitrogen and oxygen atoms in total. The molecule has 0 amide bonds. The second-order valence-electron chi connectivity index (χ2n) is 5.39. The van der Waals surface area contributed by atoms with Crippen LogP contribution in [0.3, 0.4) is 0 Å². The van der Waals surface area contributed by atoms with Crippen LogP contribution in [0.15, 0.2) is 12.3 Å². The van der Waals surface area contributed by atoms with Crippen LogP contribution in [0, 0.1) is 5.92 Å². The lowest BCUT2D eigenvalue weighted by Gasteiger charge is -2.39. The fraction of sp³-hybridized carbons (Fsp3) is 0.786. The molecule has 1 aliphatic rings. The average Bonchev–Trinajstić information content (AvgIpc) is 2.81. The maximum atomic E-state index is 4.24. The minimum atomic E-state index is 0.692. The van der Waals surface area contributed by atoms with Crippen LogP contribution in [-0.4, -0.2) is 46.9 Å². The van der Waals surface area contributed by atoms with Crippen LogP contribution >= 0.6 is 0 Å². The Balaban J connectivity index is 1.91. The van der Waals surface area contributed by atoms with Crippen molar-refractivity contribution in [2.75, 3.05) is 26.2 Å². The molecule has 0 radical (unpaired) electrons. The lowest BCUT2D eigenvalue weighted by molar-refractivity contribution is 0.117. The fourth-order valence-corrected chi connectivity index (χ4v) is 2.78. The molecule has 1 aromatic heterocycles. The van der Waals surface area contributed by atoms with Crippen LogP contribution in [-0.2, 0) is 13.5 Å². The van der Waals surface area contributed by atoms with E-state index in [4.69, 9.17) is 0 Å². The van der Waals surface area contributed by atoms with E-state index in [1.165, 1.54) is 18.7 Å². The third kappa shape index (κ3) is 3.12. The molecule has 1 fully saturated rings. The van der Waals surface area contributed by atoms with E-state index in [-0.39, 0.29) is 0 Å². The SMILES string of the molecule is CCC(C)C1CNCCN1CCc1ccnn1C. The number of hydrogen-bond donors (Lipinski definition) is 1. The van der Waals surface area contributed by atoms with Crippen LogP contribution in [0.25, 0.3) is 0 Å². The summed E-state index contributed by atoms with van der Waals surface area (Å²) < 4.78 is 1.99. The van der Waals surface area contributed by atoms with Crippen molar-refractivity contribution in [2.45, 2.75) is 32.7 Å². The highest BCUT2D eigenvalue weighted by atomic mass is 15.3. The number of rotatable bonds is 5. The summed E-state index contributed by atoms with van der Waals surface area (Å²) in [5.41, 5.74) is 1.33. The van der Waals surface area contributed by atoms with E-state index in [0.717, 1.165) is 32.0 Å². The van der Waals surface area contributed by atoms with Crippen molar-refractivity contribution < 1.29 is 0 Å². The van der Waals surface area contributed by atoms with Gasteiger partial charge in [-0.1, -0.05) is 20.3 Å². The van der Waals surface area contributed by atoms with Gasteiger partial charge in [-0.2, -0.15) is 5.10 Å². The van der Waals surface area contributed by atoms with Crippen molar-refractivity contribution in [2.24, 2.45) is 13.0 Å². The summed E-state index contributed by atoms with van der Waals surface area (Å²) in [6, 6.07) is 2.82. The van der Waals surface area contributed by atoms with Gasteiger partial charge in [-0.15, -0.1) is 0 Å². The number of nitrogens with zero attached hydrogens (tertiary/aromatic N) is 3. The lowest BCUT2D eigenvalue weighted by atomic mass is 9.96. The zero-order valence-corrected chi connectivity index (χ0v) is 11.9. The molecule has 0 aromatic carbocycles. The van der Waals surface area contributed by atoms with Crippen molar-refractivity contribution in [3.05, 3.63) is 18.0 Å². The second-order valence-corrected chi connectivity index (χ2v) is 5.39. The molecule has 4 heteroatoms. The first-order chi connectivity index (χ1) is 8.72. The standard InChI is InChI=1S/C14H26N4/c1-4-12(2)14-11-15-8-10-18(14)9-6-13-5-7-16-17(13)3/h5,7,12,14-15H,4,6,8-11H2,1-3H3. The number of aromatic nitrogens is 2. The molecule has 0 saturated carbocycles. The first-order valence-electron chi connectivity index (χ1n) is 7.14. The largest absolute Gasteiger partial charge is 0.314 e. The van der Waals surface area contributed by atoms with Gasteiger partial charge in [0.15, 0.2) is 0 Å². The minimum absolute atomic E-state index is 0.692.